The van der Waals surface area contributed by atoms with Crippen LogP contribution in [0.1, 0.15) is 16.7 Å². The van der Waals surface area contributed by atoms with Gasteiger partial charge in [-0.1, -0.05) is 23.8 Å². The second kappa shape index (κ2) is 8.54. The quantitative estimate of drug-likeness (QED) is 0.393. The molecule has 0 amide bonds. The van der Waals surface area contributed by atoms with Crippen LogP contribution in [-0.4, -0.2) is 25.4 Å². The Kier molecular flexibility index (Phi) is 6.13. The lowest BCUT2D eigenvalue weighted by Gasteiger charge is -2.10. The number of nitrogens with zero attached hydrogens (tertiary/aromatic N) is 2. The zero-order valence-electron chi connectivity index (χ0n) is 15.5. The Morgan fingerprint density at radius 3 is 2.67 bits per heavy atom. The van der Waals surface area contributed by atoms with E-state index in [0.717, 1.165) is 26.4 Å². The van der Waals surface area contributed by atoms with E-state index in [4.69, 9.17) is 9.47 Å². The molecule has 2 aromatic carbocycles. The number of ether oxygens (including phenoxy) is 2. The monoisotopic (exact) mass is 445 g/mol. The van der Waals surface area contributed by atoms with Gasteiger partial charge in [-0.2, -0.15) is 5.10 Å². The molecule has 0 saturated carbocycles. The minimum absolute atomic E-state index is 0.639. The number of halogens is 1. The van der Waals surface area contributed by atoms with E-state index < -0.39 is 0 Å². The van der Waals surface area contributed by atoms with Crippen LogP contribution in [0.4, 0.5) is 5.13 Å². The van der Waals surface area contributed by atoms with Crippen molar-refractivity contribution in [1.82, 2.24) is 4.98 Å². The van der Waals surface area contributed by atoms with Crippen molar-refractivity contribution in [2.45, 2.75) is 13.8 Å². The van der Waals surface area contributed by atoms with Gasteiger partial charge in [-0.15, -0.1) is 11.3 Å². The molecule has 0 saturated heterocycles. The fourth-order valence-electron chi connectivity index (χ4n) is 2.72. The summed E-state index contributed by atoms with van der Waals surface area (Å²) < 4.78 is 11.5. The number of thiazole rings is 1. The van der Waals surface area contributed by atoms with Gasteiger partial charge in [0, 0.05) is 10.9 Å². The third-order valence-electron chi connectivity index (χ3n) is 3.99. The second-order valence-electron chi connectivity index (χ2n) is 5.96. The van der Waals surface area contributed by atoms with Crippen molar-refractivity contribution in [3.05, 3.63) is 56.9 Å². The van der Waals surface area contributed by atoms with Crippen molar-refractivity contribution in [2.24, 2.45) is 5.10 Å². The van der Waals surface area contributed by atoms with Gasteiger partial charge < -0.3 is 9.47 Å². The number of nitrogens with one attached hydrogen (secondary N) is 1. The third kappa shape index (κ3) is 4.48. The van der Waals surface area contributed by atoms with E-state index in [-0.39, 0.29) is 0 Å². The first-order valence-corrected chi connectivity index (χ1v) is 9.93. The Hall–Kier alpha value is -2.38. The Balaban J connectivity index is 1.74. The molecule has 0 atom stereocenters. The van der Waals surface area contributed by atoms with E-state index in [1.807, 2.05) is 17.5 Å². The molecule has 0 spiro atoms. The Morgan fingerprint density at radius 1 is 1.15 bits per heavy atom. The number of rotatable bonds is 6. The number of aromatic nitrogens is 1. The van der Waals surface area contributed by atoms with Gasteiger partial charge >= 0.3 is 0 Å². The molecule has 0 radical (unpaired) electrons. The van der Waals surface area contributed by atoms with Crippen LogP contribution in [0.2, 0.25) is 0 Å². The van der Waals surface area contributed by atoms with Crippen LogP contribution >= 0.6 is 27.3 Å². The topological polar surface area (TPSA) is 55.7 Å². The van der Waals surface area contributed by atoms with Gasteiger partial charge in [-0.05, 0) is 53.0 Å². The lowest BCUT2D eigenvalue weighted by Crippen LogP contribution is -1.95. The van der Waals surface area contributed by atoms with Crippen LogP contribution in [-0.2, 0) is 0 Å². The number of hydrazone groups is 1. The van der Waals surface area contributed by atoms with Gasteiger partial charge in [0.2, 0.25) is 5.13 Å². The summed E-state index contributed by atoms with van der Waals surface area (Å²) in [5.74, 6) is 1.29. The van der Waals surface area contributed by atoms with E-state index in [1.54, 1.807) is 20.4 Å². The van der Waals surface area contributed by atoms with Gasteiger partial charge in [-0.25, -0.2) is 4.98 Å². The summed E-state index contributed by atoms with van der Waals surface area (Å²) in [5, 5.41) is 7.05. The largest absolute Gasteiger partial charge is 0.493 e. The summed E-state index contributed by atoms with van der Waals surface area (Å²) >= 11 is 5.00. The molecule has 0 aliphatic carbocycles. The second-order valence-corrected chi connectivity index (χ2v) is 7.68. The van der Waals surface area contributed by atoms with Crippen molar-refractivity contribution in [2.75, 3.05) is 19.6 Å². The molecule has 0 unspecified atom stereocenters. The Bertz CT molecular complexity index is 985. The summed E-state index contributed by atoms with van der Waals surface area (Å²) in [7, 11) is 3.21. The normalized spacial score (nSPS) is 11.0. The molecule has 27 heavy (non-hydrogen) atoms. The van der Waals surface area contributed by atoms with Gasteiger partial charge in [0.05, 0.1) is 30.6 Å². The molecule has 1 heterocycles. The van der Waals surface area contributed by atoms with Crippen LogP contribution in [0.3, 0.4) is 0 Å². The van der Waals surface area contributed by atoms with Gasteiger partial charge in [0.15, 0.2) is 11.5 Å². The van der Waals surface area contributed by atoms with Gasteiger partial charge in [0.1, 0.15) is 0 Å². The summed E-state index contributed by atoms with van der Waals surface area (Å²) in [4.78, 5) is 4.62. The zero-order valence-corrected chi connectivity index (χ0v) is 17.9. The Labute approximate surface area is 171 Å². The minimum atomic E-state index is 0.639. The molecule has 3 aromatic rings. The molecule has 1 aromatic heterocycles. The molecule has 5 nitrogen and oxygen atoms in total. The van der Waals surface area contributed by atoms with Crippen molar-refractivity contribution in [1.29, 1.82) is 0 Å². The summed E-state index contributed by atoms with van der Waals surface area (Å²) in [6.45, 7) is 4.19. The zero-order chi connectivity index (χ0) is 19.4. The molecular weight excluding hydrogens is 426 g/mol. The molecule has 0 fully saturated rings. The maximum atomic E-state index is 5.35. The maximum absolute atomic E-state index is 5.35. The van der Waals surface area contributed by atoms with Gasteiger partial charge in [-0.3, -0.25) is 5.43 Å². The first-order valence-electron chi connectivity index (χ1n) is 8.25. The van der Waals surface area contributed by atoms with Crippen LogP contribution < -0.4 is 14.9 Å². The van der Waals surface area contributed by atoms with E-state index in [1.165, 1.54) is 22.5 Å². The standard InChI is InChI=1S/C20H20BrN3O2S/c1-12-5-6-15(13(2)7-12)17-11-27-20(23-17)24-22-10-14-8-16(21)19(26-4)18(9-14)25-3/h5-11H,1-4H3,(H,23,24)/b22-10-. The predicted molar refractivity (Wildman–Crippen MR) is 115 cm³/mol. The molecule has 1 N–H and O–H groups in total. The molecule has 0 aliphatic rings. The molecule has 0 bridgehead atoms. The molecule has 3 rings (SSSR count). The number of benzene rings is 2. The van der Waals surface area contributed by atoms with Crippen molar-refractivity contribution < 1.29 is 9.47 Å². The van der Waals surface area contributed by atoms with Crippen molar-refractivity contribution in [3.8, 4) is 22.8 Å². The number of anilines is 1. The predicted octanol–water partition coefficient (Wildman–Crippen LogP) is 5.65. The van der Waals surface area contributed by atoms with Crippen molar-refractivity contribution >= 4 is 38.6 Å². The molecule has 7 heteroatoms. The number of hydrogen-bond donors (Lipinski definition) is 1. The van der Waals surface area contributed by atoms with Crippen molar-refractivity contribution in [3.63, 3.8) is 0 Å². The molecular formula is C20H20BrN3O2S. The van der Waals surface area contributed by atoms with Crippen LogP contribution in [0.25, 0.3) is 11.3 Å². The molecule has 140 valence electrons. The maximum Gasteiger partial charge on any atom is 0.203 e. The van der Waals surface area contributed by atoms with E-state index in [2.05, 4.69) is 63.5 Å². The van der Waals surface area contributed by atoms with E-state index in [9.17, 15) is 0 Å². The third-order valence-corrected chi connectivity index (χ3v) is 5.33. The summed E-state index contributed by atoms with van der Waals surface area (Å²) in [5.41, 5.74) is 8.41. The Morgan fingerprint density at radius 2 is 1.96 bits per heavy atom. The molecule has 0 aliphatic heterocycles. The highest BCUT2D eigenvalue weighted by atomic mass is 79.9. The number of aryl methyl sites for hydroxylation is 2. The van der Waals surface area contributed by atoms with Crippen LogP contribution in [0.15, 0.2) is 45.3 Å². The lowest BCUT2D eigenvalue weighted by atomic mass is 10.0. The highest BCUT2D eigenvalue weighted by Crippen LogP contribution is 2.36. The average molecular weight is 446 g/mol. The minimum Gasteiger partial charge on any atom is -0.493 e. The fourth-order valence-corrected chi connectivity index (χ4v) is 4.01. The number of hydrogen-bond acceptors (Lipinski definition) is 6. The highest BCUT2D eigenvalue weighted by molar-refractivity contribution is 9.10. The average Bonchev–Trinajstić information content (AvgIpc) is 3.09. The smallest absolute Gasteiger partial charge is 0.203 e. The SMILES string of the molecule is COc1cc(/C=N\Nc2nc(-c3ccc(C)cc3C)cs2)cc(Br)c1OC. The first-order chi connectivity index (χ1) is 13.0. The lowest BCUT2D eigenvalue weighted by molar-refractivity contribution is 0.353. The first kappa shape index (κ1) is 19.4. The van der Waals surface area contributed by atoms with E-state index >= 15 is 0 Å². The highest BCUT2D eigenvalue weighted by Gasteiger charge is 2.10. The van der Waals surface area contributed by atoms with E-state index in [0.29, 0.717) is 11.5 Å². The number of methoxy groups -OCH3 is 2. The van der Waals surface area contributed by atoms with Gasteiger partial charge in [0.25, 0.3) is 0 Å². The summed E-state index contributed by atoms with van der Waals surface area (Å²) in [6, 6.07) is 10.1. The summed E-state index contributed by atoms with van der Waals surface area (Å²) in [6.07, 6.45) is 1.71. The van der Waals surface area contributed by atoms with Crippen LogP contribution in [0.5, 0.6) is 11.5 Å². The fraction of sp³-hybridized carbons (Fsp3) is 0.200. The van der Waals surface area contributed by atoms with Crippen LogP contribution in [0, 0.1) is 13.8 Å².